The topological polar surface area (TPSA) is 83.5 Å². The zero-order chi connectivity index (χ0) is 18.8. The normalized spacial score (nSPS) is 14.0. The van der Waals surface area contributed by atoms with Gasteiger partial charge in [-0.3, -0.25) is 4.79 Å². The van der Waals surface area contributed by atoms with Crippen LogP contribution in [0.1, 0.15) is 34.5 Å². The predicted molar refractivity (Wildman–Crippen MR) is 97.6 cm³/mol. The summed E-state index contributed by atoms with van der Waals surface area (Å²) in [7, 11) is -3.42. The predicted octanol–water partition coefficient (Wildman–Crippen LogP) is 2.90. The Morgan fingerprint density at radius 2 is 1.76 bits per heavy atom. The Bertz CT molecular complexity index is 878. The first-order chi connectivity index (χ1) is 11.6. The van der Waals surface area contributed by atoms with E-state index in [4.69, 9.17) is 11.6 Å². The molecule has 0 unspecified atom stereocenters. The summed E-state index contributed by atoms with van der Waals surface area (Å²) in [5.74, 6) is -0.453. The van der Waals surface area contributed by atoms with Crippen LogP contribution in [0.3, 0.4) is 0 Å². The number of aliphatic hydroxyl groups is 1. The number of sulfone groups is 1. The van der Waals surface area contributed by atoms with E-state index < -0.39 is 27.9 Å². The fourth-order valence-electron chi connectivity index (χ4n) is 2.46. The molecule has 1 amide bonds. The highest BCUT2D eigenvalue weighted by Gasteiger charge is 2.20. The third kappa shape index (κ3) is 4.81. The molecule has 2 atom stereocenters. The van der Waals surface area contributed by atoms with E-state index in [0.717, 1.165) is 6.26 Å². The lowest BCUT2D eigenvalue weighted by Crippen LogP contribution is -2.37. The standard InChI is InChI=1S/C18H20ClNO4S/c1-11-4-5-14(10-16(11)25(3,23)24)18(22)20-12(2)17(21)13-6-8-15(19)9-7-13/h4-10,12,17,21H,1-3H3,(H,20,22)/t12-,17+/m1/s1. The Morgan fingerprint density at radius 3 is 2.32 bits per heavy atom. The van der Waals surface area contributed by atoms with Crippen molar-refractivity contribution in [1.29, 1.82) is 0 Å². The molecular weight excluding hydrogens is 362 g/mol. The summed E-state index contributed by atoms with van der Waals surface area (Å²) in [5.41, 5.74) is 1.42. The zero-order valence-corrected chi connectivity index (χ0v) is 15.7. The van der Waals surface area contributed by atoms with Gasteiger partial charge in [-0.25, -0.2) is 8.42 Å². The number of aliphatic hydroxyl groups excluding tert-OH is 1. The van der Waals surface area contributed by atoms with Gasteiger partial charge in [0.1, 0.15) is 0 Å². The van der Waals surface area contributed by atoms with E-state index >= 15 is 0 Å². The molecule has 7 heteroatoms. The number of halogens is 1. The van der Waals surface area contributed by atoms with E-state index in [-0.39, 0.29) is 10.5 Å². The molecule has 134 valence electrons. The molecular formula is C18H20ClNO4S. The molecule has 0 bridgehead atoms. The molecule has 0 fully saturated rings. The van der Waals surface area contributed by atoms with E-state index in [0.29, 0.717) is 16.1 Å². The first-order valence-corrected chi connectivity index (χ1v) is 9.91. The average Bonchev–Trinajstić information content (AvgIpc) is 2.54. The molecule has 0 aliphatic rings. The molecule has 2 rings (SSSR count). The zero-order valence-electron chi connectivity index (χ0n) is 14.2. The van der Waals surface area contributed by atoms with Crippen LogP contribution in [0.15, 0.2) is 47.4 Å². The van der Waals surface area contributed by atoms with Crippen molar-refractivity contribution in [2.75, 3.05) is 6.26 Å². The summed E-state index contributed by atoms with van der Waals surface area (Å²) in [6.07, 6.45) is 0.185. The van der Waals surface area contributed by atoms with E-state index in [1.165, 1.54) is 6.07 Å². The van der Waals surface area contributed by atoms with Crippen molar-refractivity contribution in [1.82, 2.24) is 5.32 Å². The summed E-state index contributed by atoms with van der Waals surface area (Å²) < 4.78 is 23.6. The number of carbonyl (C=O) groups is 1. The molecule has 0 saturated carbocycles. The van der Waals surface area contributed by atoms with Crippen molar-refractivity contribution in [3.05, 3.63) is 64.2 Å². The first kappa shape index (κ1) is 19.4. The van der Waals surface area contributed by atoms with Gasteiger partial charge < -0.3 is 10.4 Å². The van der Waals surface area contributed by atoms with Crippen LogP contribution < -0.4 is 5.32 Å². The van der Waals surface area contributed by atoms with Gasteiger partial charge in [0.25, 0.3) is 5.91 Å². The van der Waals surface area contributed by atoms with Gasteiger partial charge in [0.2, 0.25) is 0 Å². The molecule has 2 N–H and O–H groups in total. The highest BCUT2D eigenvalue weighted by molar-refractivity contribution is 7.90. The van der Waals surface area contributed by atoms with Crippen molar-refractivity contribution in [3.8, 4) is 0 Å². The van der Waals surface area contributed by atoms with Gasteiger partial charge in [0.15, 0.2) is 9.84 Å². The molecule has 0 saturated heterocycles. The molecule has 2 aromatic carbocycles. The summed E-state index contributed by atoms with van der Waals surface area (Å²) in [6, 6.07) is 10.6. The number of carbonyl (C=O) groups excluding carboxylic acids is 1. The van der Waals surface area contributed by atoms with Gasteiger partial charge in [0, 0.05) is 16.8 Å². The quantitative estimate of drug-likeness (QED) is 0.834. The van der Waals surface area contributed by atoms with Crippen molar-refractivity contribution in [2.45, 2.75) is 30.9 Å². The van der Waals surface area contributed by atoms with Gasteiger partial charge in [-0.2, -0.15) is 0 Å². The second-order valence-corrected chi connectivity index (χ2v) is 8.43. The smallest absolute Gasteiger partial charge is 0.251 e. The van der Waals surface area contributed by atoms with Crippen molar-refractivity contribution < 1.29 is 18.3 Å². The lowest BCUT2D eigenvalue weighted by Gasteiger charge is -2.21. The number of hydrogen-bond donors (Lipinski definition) is 2. The summed E-state index contributed by atoms with van der Waals surface area (Å²) in [4.78, 5) is 12.5. The molecule has 0 radical (unpaired) electrons. The van der Waals surface area contributed by atoms with E-state index in [2.05, 4.69) is 5.32 Å². The fourth-order valence-corrected chi connectivity index (χ4v) is 3.58. The second kappa shape index (κ2) is 7.56. The van der Waals surface area contributed by atoms with Crippen molar-refractivity contribution in [3.63, 3.8) is 0 Å². The van der Waals surface area contributed by atoms with Crippen LogP contribution in [0, 0.1) is 6.92 Å². The first-order valence-electron chi connectivity index (χ1n) is 7.64. The molecule has 0 aliphatic carbocycles. The molecule has 0 spiro atoms. The van der Waals surface area contributed by atoms with Crippen LogP contribution >= 0.6 is 11.6 Å². The minimum absolute atomic E-state index is 0.117. The average molecular weight is 382 g/mol. The van der Waals surface area contributed by atoms with E-state index in [1.54, 1.807) is 50.2 Å². The highest BCUT2D eigenvalue weighted by atomic mass is 35.5. The molecule has 0 aromatic heterocycles. The number of rotatable bonds is 5. The van der Waals surface area contributed by atoms with E-state index in [9.17, 15) is 18.3 Å². The number of aryl methyl sites for hydroxylation is 1. The minimum atomic E-state index is -3.42. The highest BCUT2D eigenvalue weighted by Crippen LogP contribution is 2.21. The molecule has 25 heavy (non-hydrogen) atoms. The Morgan fingerprint density at radius 1 is 1.16 bits per heavy atom. The minimum Gasteiger partial charge on any atom is -0.386 e. The van der Waals surface area contributed by atoms with Crippen molar-refractivity contribution >= 4 is 27.3 Å². The lowest BCUT2D eigenvalue weighted by atomic mass is 10.0. The maximum atomic E-state index is 12.4. The number of hydrogen-bond acceptors (Lipinski definition) is 4. The Hall–Kier alpha value is -1.89. The third-order valence-corrected chi connectivity index (χ3v) is 5.38. The van der Waals surface area contributed by atoms with Gasteiger partial charge in [-0.1, -0.05) is 29.8 Å². The largest absolute Gasteiger partial charge is 0.386 e. The summed E-state index contributed by atoms with van der Waals surface area (Å²) >= 11 is 5.82. The molecule has 0 aliphatic heterocycles. The Balaban J connectivity index is 2.17. The van der Waals surface area contributed by atoms with Gasteiger partial charge in [-0.05, 0) is 49.2 Å². The van der Waals surface area contributed by atoms with Crippen molar-refractivity contribution in [2.24, 2.45) is 0 Å². The molecule has 2 aromatic rings. The lowest BCUT2D eigenvalue weighted by molar-refractivity contribution is 0.0852. The summed E-state index contributed by atoms with van der Waals surface area (Å²) in [6.45, 7) is 3.34. The third-order valence-electron chi connectivity index (χ3n) is 3.89. The monoisotopic (exact) mass is 381 g/mol. The van der Waals surface area contributed by atoms with Gasteiger partial charge in [0.05, 0.1) is 17.0 Å². The van der Waals surface area contributed by atoms with Crippen LogP contribution in [0.5, 0.6) is 0 Å². The van der Waals surface area contributed by atoms with Crippen LogP contribution in [-0.2, 0) is 9.84 Å². The summed E-state index contributed by atoms with van der Waals surface area (Å²) in [5, 5.41) is 13.6. The van der Waals surface area contributed by atoms with Crippen LogP contribution in [0.4, 0.5) is 0 Å². The number of amides is 1. The maximum Gasteiger partial charge on any atom is 0.251 e. The number of nitrogens with one attached hydrogen (secondary N) is 1. The SMILES string of the molecule is Cc1ccc(C(=O)N[C@H](C)[C@H](O)c2ccc(Cl)cc2)cc1S(C)(=O)=O. The van der Waals surface area contributed by atoms with Gasteiger partial charge in [-0.15, -0.1) is 0 Å². The van der Waals surface area contributed by atoms with Gasteiger partial charge >= 0.3 is 0 Å². The number of benzene rings is 2. The van der Waals surface area contributed by atoms with E-state index in [1.807, 2.05) is 0 Å². The second-order valence-electron chi connectivity index (χ2n) is 6.01. The Kier molecular flexibility index (Phi) is 5.87. The van der Waals surface area contributed by atoms with Crippen LogP contribution in [0.25, 0.3) is 0 Å². The Labute approximate surface area is 152 Å². The maximum absolute atomic E-state index is 12.4. The van der Waals surface area contributed by atoms with Crippen LogP contribution in [0.2, 0.25) is 5.02 Å². The molecule has 5 nitrogen and oxygen atoms in total. The molecule has 0 heterocycles. The van der Waals surface area contributed by atoms with Crippen LogP contribution in [-0.4, -0.2) is 31.7 Å². The fraction of sp³-hybridized carbons (Fsp3) is 0.278.